The van der Waals surface area contributed by atoms with Crippen LogP contribution in [0.1, 0.15) is 62.1 Å². The topological polar surface area (TPSA) is 91.8 Å². The molecule has 5 rings (SSSR count). The number of carboxylic acids is 1. The SMILES string of the molecule is CCC1(CC(=O)O)CC(c2cccc(Cl)c2)C(c2ccc(Cl)cc2)N(C(CS(=O)(=O)c2ccccc2F)C2CC2)C1=O. The molecule has 0 aromatic heterocycles. The number of halogens is 3. The zero-order valence-corrected chi connectivity index (χ0v) is 25.4. The fourth-order valence-electron chi connectivity index (χ4n) is 6.45. The summed E-state index contributed by atoms with van der Waals surface area (Å²) in [5, 5.41) is 11.0. The molecule has 1 amide bonds. The first kappa shape index (κ1) is 30.5. The number of hydrogen-bond donors (Lipinski definition) is 1. The highest BCUT2D eigenvalue weighted by atomic mass is 35.5. The second-order valence-corrected chi connectivity index (χ2v) is 14.3. The summed E-state index contributed by atoms with van der Waals surface area (Å²) < 4.78 is 42.2. The van der Waals surface area contributed by atoms with Gasteiger partial charge in [-0.25, -0.2) is 12.8 Å². The van der Waals surface area contributed by atoms with Crippen LogP contribution >= 0.6 is 23.2 Å². The van der Waals surface area contributed by atoms with Gasteiger partial charge >= 0.3 is 5.97 Å². The molecule has 1 aliphatic heterocycles. The van der Waals surface area contributed by atoms with Crippen LogP contribution < -0.4 is 0 Å². The number of nitrogens with zero attached hydrogens (tertiary/aromatic N) is 1. The minimum absolute atomic E-state index is 0.136. The number of benzene rings is 3. The molecule has 1 heterocycles. The van der Waals surface area contributed by atoms with E-state index in [9.17, 15) is 27.5 Å². The Labute approximate surface area is 255 Å². The maximum absolute atomic E-state index is 14.7. The predicted octanol–water partition coefficient (Wildman–Crippen LogP) is 7.31. The normalized spacial score (nSPS) is 23.5. The van der Waals surface area contributed by atoms with Crippen molar-refractivity contribution >= 4 is 44.9 Å². The van der Waals surface area contributed by atoms with Crippen LogP contribution in [0.3, 0.4) is 0 Å². The standard InChI is InChI=1S/C32H32Cl2FNO5S/c1-2-32(18-29(37)38)17-25(22-6-5-7-24(34)16-22)30(21-12-14-23(33)15-13-21)36(31(32)39)27(20-10-11-20)19-42(40,41)28-9-4-3-8-26(28)35/h3-9,12-16,20,25,27,30H,2,10-11,17-19H2,1H3,(H,37,38). The van der Waals surface area contributed by atoms with Gasteiger partial charge in [-0.15, -0.1) is 0 Å². The summed E-state index contributed by atoms with van der Waals surface area (Å²) in [6.07, 6.45) is 1.48. The third kappa shape index (κ3) is 6.08. The minimum atomic E-state index is -4.16. The van der Waals surface area contributed by atoms with Crippen LogP contribution in [0.2, 0.25) is 10.0 Å². The average Bonchev–Trinajstić information content (AvgIpc) is 3.79. The Kier molecular flexibility index (Phi) is 8.70. The van der Waals surface area contributed by atoms with E-state index in [0.717, 1.165) is 17.2 Å². The molecule has 2 fully saturated rings. The molecule has 1 saturated carbocycles. The van der Waals surface area contributed by atoms with Crippen LogP contribution in [-0.4, -0.2) is 42.1 Å². The van der Waals surface area contributed by atoms with E-state index in [1.807, 2.05) is 30.3 Å². The van der Waals surface area contributed by atoms with Crippen LogP contribution in [0.5, 0.6) is 0 Å². The van der Waals surface area contributed by atoms with Gasteiger partial charge in [-0.2, -0.15) is 0 Å². The van der Waals surface area contributed by atoms with Gasteiger partial charge in [0.1, 0.15) is 10.7 Å². The maximum Gasteiger partial charge on any atom is 0.304 e. The number of piperidine rings is 1. The summed E-state index contributed by atoms with van der Waals surface area (Å²) in [5.74, 6) is -3.38. The van der Waals surface area contributed by atoms with Crippen molar-refractivity contribution in [1.82, 2.24) is 4.90 Å². The van der Waals surface area contributed by atoms with Gasteiger partial charge in [0.05, 0.1) is 23.6 Å². The summed E-state index contributed by atoms with van der Waals surface area (Å²) >= 11 is 12.6. The van der Waals surface area contributed by atoms with Crippen LogP contribution in [0.4, 0.5) is 4.39 Å². The third-order valence-corrected chi connectivity index (χ3v) is 11.0. The van der Waals surface area contributed by atoms with Gasteiger partial charge < -0.3 is 10.0 Å². The quantitative estimate of drug-likeness (QED) is 0.253. The Balaban J connectivity index is 1.72. The summed E-state index contributed by atoms with van der Waals surface area (Å²) in [6, 6.07) is 18.1. The van der Waals surface area contributed by atoms with Crippen molar-refractivity contribution in [3.05, 3.63) is 99.8 Å². The highest BCUT2D eigenvalue weighted by Crippen LogP contribution is 2.55. The zero-order valence-electron chi connectivity index (χ0n) is 23.0. The molecule has 42 heavy (non-hydrogen) atoms. The highest BCUT2D eigenvalue weighted by Gasteiger charge is 2.56. The van der Waals surface area contributed by atoms with Crippen molar-refractivity contribution in [2.45, 2.75) is 61.9 Å². The minimum Gasteiger partial charge on any atom is -0.481 e. The lowest BCUT2D eigenvalue weighted by Gasteiger charge is -2.53. The number of likely N-dealkylation sites (tertiary alicyclic amines) is 1. The number of carbonyl (C=O) groups is 2. The van der Waals surface area contributed by atoms with Crippen molar-refractivity contribution in [3.8, 4) is 0 Å². The van der Waals surface area contributed by atoms with Crippen molar-refractivity contribution in [2.75, 3.05) is 5.75 Å². The summed E-state index contributed by atoms with van der Waals surface area (Å²) in [6.45, 7) is 1.79. The lowest BCUT2D eigenvalue weighted by atomic mass is 9.65. The first-order chi connectivity index (χ1) is 20.0. The zero-order chi connectivity index (χ0) is 30.2. The van der Waals surface area contributed by atoms with Crippen molar-refractivity contribution in [1.29, 1.82) is 0 Å². The van der Waals surface area contributed by atoms with Crippen LogP contribution in [0, 0.1) is 17.2 Å². The van der Waals surface area contributed by atoms with Gasteiger partial charge in [0.15, 0.2) is 9.84 Å². The molecular formula is C32H32Cl2FNO5S. The number of carbonyl (C=O) groups excluding carboxylic acids is 1. The summed E-state index contributed by atoms with van der Waals surface area (Å²) in [7, 11) is -4.16. The third-order valence-electron chi connectivity index (χ3n) is 8.72. The van der Waals surface area contributed by atoms with Crippen molar-refractivity contribution in [3.63, 3.8) is 0 Å². The van der Waals surface area contributed by atoms with Gasteiger partial charge in [-0.3, -0.25) is 9.59 Å². The van der Waals surface area contributed by atoms with E-state index in [-0.39, 0.29) is 18.8 Å². The molecule has 6 nitrogen and oxygen atoms in total. The van der Waals surface area contributed by atoms with Crippen LogP contribution in [0.25, 0.3) is 0 Å². The first-order valence-corrected chi connectivity index (χ1v) is 16.4. The lowest BCUT2D eigenvalue weighted by Crippen LogP contribution is -2.58. The van der Waals surface area contributed by atoms with Gasteiger partial charge in [-0.05, 0) is 79.1 Å². The van der Waals surface area contributed by atoms with E-state index in [0.29, 0.717) is 22.9 Å². The number of rotatable bonds is 10. The number of hydrogen-bond acceptors (Lipinski definition) is 4. The molecule has 0 bridgehead atoms. The molecule has 0 radical (unpaired) electrons. The highest BCUT2D eigenvalue weighted by molar-refractivity contribution is 7.91. The monoisotopic (exact) mass is 631 g/mol. The van der Waals surface area contributed by atoms with E-state index < -0.39 is 68.0 Å². The smallest absolute Gasteiger partial charge is 0.304 e. The molecule has 3 aromatic rings. The van der Waals surface area contributed by atoms with E-state index >= 15 is 0 Å². The predicted molar refractivity (Wildman–Crippen MR) is 160 cm³/mol. The summed E-state index contributed by atoms with van der Waals surface area (Å²) in [5.41, 5.74) is 0.276. The van der Waals surface area contributed by atoms with Crippen molar-refractivity contribution in [2.24, 2.45) is 11.3 Å². The maximum atomic E-state index is 14.7. The van der Waals surface area contributed by atoms with Crippen molar-refractivity contribution < 1.29 is 27.5 Å². The molecule has 2 aliphatic rings. The van der Waals surface area contributed by atoms with E-state index in [1.165, 1.54) is 18.2 Å². The Hall–Kier alpha value is -2.94. The second-order valence-electron chi connectivity index (χ2n) is 11.4. The van der Waals surface area contributed by atoms with E-state index in [4.69, 9.17) is 23.2 Å². The Morgan fingerprint density at radius 2 is 1.71 bits per heavy atom. The van der Waals surface area contributed by atoms with Gasteiger partial charge in [-0.1, -0.05) is 66.5 Å². The molecule has 3 aromatic carbocycles. The number of aliphatic carboxylic acids is 1. The number of carboxylic acid groups (broad SMARTS) is 1. The number of sulfone groups is 1. The fourth-order valence-corrected chi connectivity index (χ4v) is 8.49. The van der Waals surface area contributed by atoms with Gasteiger partial charge in [0.2, 0.25) is 5.91 Å². The average molecular weight is 633 g/mol. The lowest BCUT2D eigenvalue weighted by molar-refractivity contribution is -0.162. The molecule has 0 spiro atoms. The Bertz CT molecular complexity index is 1590. The van der Waals surface area contributed by atoms with E-state index in [2.05, 4.69) is 0 Å². The van der Waals surface area contributed by atoms with Crippen LogP contribution in [-0.2, 0) is 19.4 Å². The molecule has 1 saturated heterocycles. The molecule has 4 atom stereocenters. The molecular weight excluding hydrogens is 600 g/mol. The molecule has 1 N–H and O–H groups in total. The fraction of sp³-hybridized carbons (Fsp3) is 0.375. The van der Waals surface area contributed by atoms with Crippen LogP contribution in [0.15, 0.2) is 77.7 Å². The molecule has 222 valence electrons. The number of amides is 1. The Morgan fingerprint density at radius 3 is 2.31 bits per heavy atom. The largest absolute Gasteiger partial charge is 0.481 e. The molecule has 4 unspecified atom stereocenters. The first-order valence-electron chi connectivity index (χ1n) is 14.0. The second kappa shape index (κ2) is 12.0. The molecule has 1 aliphatic carbocycles. The van der Waals surface area contributed by atoms with Gasteiger partial charge in [0.25, 0.3) is 0 Å². The van der Waals surface area contributed by atoms with Gasteiger partial charge in [0, 0.05) is 22.0 Å². The Morgan fingerprint density at radius 1 is 1.02 bits per heavy atom. The van der Waals surface area contributed by atoms with E-state index in [1.54, 1.807) is 30.0 Å². The summed E-state index contributed by atoms with van der Waals surface area (Å²) in [4.78, 5) is 28.1. The molecule has 10 heteroatoms.